The normalized spacial score (nSPS) is 15.1. The first-order valence-electron chi connectivity index (χ1n) is 32.0. The first-order valence-corrected chi connectivity index (χ1v) is 32.0. The van der Waals surface area contributed by atoms with Gasteiger partial charge in [-0.3, -0.25) is 14.6 Å². The summed E-state index contributed by atoms with van der Waals surface area (Å²) in [6, 6.07) is 83.1. The van der Waals surface area contributed by atoms with Gasteiger partial charge in [0.05, 0.1) is 5.69 Å². The predicted molar refractivity (Wildman–Crippen MR) is 380 cm³/mol. The molecule has 92 heavy (non-hydrogen) atoms. The number of pyridine rings is 3. The molecule has 0 bridgehead atoms. The van der Waals surface area contributed by atoms with Gasteiger partial charge in [-0.25, -0.2) is 0 Å². The molecule has 0 fully saturated rings. The predicted octanol–water partition coefficient (Wildman–Crippen LogP) is 20.3. The molecular weight excluding hydrogens is 1120 g/mol. The van der Waals surface area contributed by atoms with Crippen molar-refractivity contribution in [2.75, 3.05) is 0 Å². The molecule has 14 aromatic rings. The van der Waals surface area contributed by atoms with Crippen molar-refractivity contribution < 1.29 is 0 Å². The molecule has 2 aliphatic carbocycles. The molecule has 0 aliphatic heterocycles. The zero-order chi connectivity index (χ0) is 63.0. The van der Waals surface area contributed by atoms with Crippen LogP contribution in [0, 0.1) is 0 Å². The molecule has 0 unspecified atom stereocenters. The molecule has 0 radical (unpaired) electrons. The summed E-state index contributed by atoms with van der Waals surface area (Å²) >= 11 is 0. The summed E-state index contributed by atoms with van der Waals surface area (Å²) in [6.07, 6.45) is 7.89. The van der Waals surface area contributed by atoms with Crippen LogP contribution in [0.3, 0.4) is 0 Å². The minimum Gasteiger partial charge on any atom is -0.304 e. The van der Waals surface area contributed by atoms with Crippen LogP contribution in [0.15, 0.2) is 259 Å². The average Bonchev–Trinajstić information content (AvgIpc) is 1.52. The summed E-state index contributed by atoms with van der Waals surface area (Å²) in [5.41, 5.74) is 23.6. The lowest BCUT2D eigenvalue weighted by molar-refractivity contribution is 0.397. The van der Waals surface area contributed by atoms with Gasteiger partial charge in [-0.05, 0) is 178 Å². The second-order valence-electron chi connectivity index (χ2n) is 28.2. The molecule has 5 heterocycles. The lowest BCUT2D eigenvalue weighted by Gasteiger charge is -2.23. The molecular formula is C85H69N5O2. The molecule has 0 N–H and O–H groups in total. The summed E-state index contributed by atoms with van der Waals surface area (Å²) < 4.78 is 4.35. The van der Waals surface area contributed by atoms with E-state index >= 15 is 0 Å². The van der Waals surface area contributed by atoms with E-state index in [9.17, 15) is 9.59 Å². The maximum absolute atomic E-state index is 14.0. The Balaban J connectivity index is 0.819. The molecule has 0 atom stereocenters. The van der Waals surface area contributed by atoms with E-state index in [-0.39, 0.29) is 32.8 Å². The van der Waals surface area contributed by atoms with Crippen molar-refractivity contribution >= 4 is 32.8 Å². The average molecular weight is 1190 g/mol. The van der Waals surface area contributed by atoms with Crippen LogP contribution in [0.1, 0.15) is 90.7 Å². The van der Waals surface area contributed by atoms with Gasteiger partial charge in [0, 0.05) is 68.3 Å². The van der Waals surface area contributed by atoms with Gasteiger partial charge in [-0.2, -0.15) is 9.97 Å². The monoisotopic (exact) mass is 1190 g/mol. The van der Waals surface area contributed by atoms with Crippen molar-refractivity contribution in [3.63, 3.8) is 0 Å². The zero-order valence-electron chi connectivity index (χ0n) is 53.1. The van der Waals surface area contributed by atoms with Gasteiger partial charge in [0.1, 0.15) is 11.3 Å². The van der Waals surface area contributed by atoms with E-state index < -0.39 is 0 Å². The second kappa shape index (κ2) is 21.0. The van der Waals surface area contributed by atoms with Gasteiger partial charge in [0.25, 0.3) is 11.1 Å². The number of aromatic nitrogens is 5. The van der Waals surface area contributed by atoms with Gasteiger partial charge in [0.15, 0.2) is 0 Å². The number of benzene rings is 9. The highest BCUT2D eigenvalue weighted by Crippen LogP contribution is 2.50. The maximum Gasteiger partial charge on any atom is 0.277 e. The quantitative estimate of drug-likeness (QED) is 0.135. The number of hydrogen-bond acceptors (Lipinski definition) is 5. The Morgan fingerprint density at radius 3 is 1.12 bits per heavy atom. The number of rotatable bonds is 9. The zero-order valence-corrected chi connectivity index (χ0v) is 53.1. The highest BCUT2D eigenvalue weighted by molar-refractivity contribution is 6.01. The van der Waals surface area contributed by atoms with Crippen LogP contribution >= 0.6 is 0 Å². The molecule has 0 amide bonds. The highest BCUT2D eigenvalue weighted by atomic mass is 16.1. The lowest BCUT2D eigenvalue weighted by atomic mass is 9.82. The lowest BCUT2D eigenvalue weighted by Crippen LogP contribution is -2.26. The van der Waals surface area contributed by atoms with Crippen molar-refractivity contribution in [3.05, 3.63) is 292 Å². The molecule has 2 aliphatic rings. The van der Waals surface area contributed by atoms with Gasteiger partial charge in [-0.1, -0.05) is 231 Å². The Hall–Kier alpha value is -10.6. The summed E-state index contributed by atoms with van der Waals surface area (Å²) in [4.78, 5) is 42.5. The number of hydrogen-bond donors (Lipinski definition) is 0. The summed E-state index contributed by atoms with van der Waals surface area (Å²) in [6.45, 7) is 17.7. The van der Waals surface area contributed by atoms with Gasteiger partial charge in [0.2, 0.25) is 0 Å². The van der Waals surface area contributed by atoms with E-state index in [2.05, 4.69) is 301 Å². The van der Waals surface area contributed by atoms with E-state index in [4.69, 9.17) is 15.0 Å². The molecule has 5 aromatic heterocycles. The standard InChI is InChI=1S/C85H69N5O2/c1-82(2)50-84(5,6)76-74(82)80(91)87-78-71-36-34-58(44-60(71)39-42-89(76)78)66-21-13-16-24-69(66)63-46-62(68-23-15-12-20-65(68)55-30-32-56(33-31-55)73-49-57(38-41-86-73)54-28-26-53(27-29-54)52-18-10-9-11-19-52)47-64(48-63)70-25-17-14-22-67(70)59-35-37-72-61(45-59)40-43-90-77-75(81(92)88-79(72)90)83(3,4)51-85(77,7)8/h9-49H,50-51H2,1-8H3. The Morgan fingerprint density at radius 2 is 0.674 bits per heavy atom. The minimum absolute atomic E-state index is 0.130. The van der Waals surface area contributed by atoms with E-state index in [1.807, 2.05) is 12.3 Å². The van der Waals surface area contributed by atoms with E-state index in [1.54, 1.807) is 0 Å². The summed E-state index contributed by atoms with van der Waals surface area (Å²) in [5.74, 6) is 0. The first-order chi connectivity index (χ1) is 44.4. The van der Waals surface area contributed by atoms with Crippen LogP contribution in [-0.4, -0.2) is 23.8 Å². The van der Waals surface area contributed by atoms with E-state index in [0.29, 0.717) is 11.3 Å². The molecule has 7 heteroatoms. The molecule has 0 saturated carbocycles. The number of nitrogens with zero attached hydrogens (tertiary/aromatic N) is 5. The van der Waals surface area contributed by atoms with Crippen LogP contribution in [0.2, 0.25) is 0 Å². The van der Waals surface area contributed by atoms with E-state index in [0.717, 1.165) is 146 Å². The van der Waals surface area contributed by atoms with Crippen LogP contribution in [0.4, 0.5) is 0 Å². The second-order valence-corrected chi connectivity index (χ2v) is 28.2. The molecule has 16 rings (SSSR count). The fourth-order valence-electron chi connectivity index (χ4n) is 16.4. The van der Waals surface area contributed by atoms with Crippen LogP contribution in [0.5, 0.6) is 0 Å². The minimum atomic E-state index is -0.270. The number of fused-ring (bicyclic) bond motifs is 10. The third-order valence-electron chi connectivity index (χ3n) is 19.9. The van der Waals surface area contributed by atoms with Crippen LogP contribution < -0.4 is 11.1 Å². The van der Waals surface area contributed by atoms with Crippen LogP contribution in [0.25, 0.3) is 133 Å². The van der Waals surface area contributed by atoms with Gasteiger partial charge >= 0.3 is 0 Å². The third kappa shape index (κ3) is 9.35. The fraction of sp³-hybridized carbons (Fsp3) is 0.165. The Labute approximate surface area is 536 Å². The smallest absolute Gasteiger partial charge is 0.277 e. The Kier molecular flexibility index (Phi) is 12.9. The van der Waals surface area contributed by atoms with Gasteiger partial charge < -0.3 is 8.80 Å². The highest BCUT2D eigenvalue weighted by Gasteiger charge is 2.47. The molecule has 9 aromatic carbocycles. The van der Waals surface area contributed by atoms with Crippen molar-refractivity contribution in [2.24, 2.45) is 0 Å². The fourth-order valence-corrected chi connectivity index (χ4v) is 16.4. The van der Waals surface area contributed by atoms with Crippen molar-refractivity contribution in [1.82, 2.24) is 23.8 Å². The van der Waals surface area contributed by atoms with Crippen LogP contribution in [-0.2, 0) is 21.7 Å². The largest absolute Gasteiger partial charge is 0.304 e. The molecule has 7 nitrogen and oxygen atoms in total. The topological polar surface area (TPSA) is 81.6 Å². The van der Waals surface area contributed by atoms with E-state index in [1.165, 1.54) is 11.1 Å². The molecule has 0 saturated heterocycles. The van der Waals surface area contributed by atoms with Gasteiger partial charge in [-0.15, -0.1) is 0 Å². The van der Waals surface area contributed by atoms with Crippen molar-refractivity contribution in [2.45, 2.75) is 89.9 Å². The third-order valence-corrected chi connectivity index (χ3v) is 19.9. The molecule has 0 spiro atoms. The van der Waals surface area contributed by atoms with Crippen molar-refractivity contribution in [3.8, 4) is 100 Å². The summed E-state index contributed by atoms with van der Waals surface area (Å²) in [7, 11) is 0. The summed E-state index contributed by atoms with van der Waals surface area (Å²) in [5, 5.41) is 3.92. The molecule has 446 valence electrons. The Bertz CT molecular complexity index is 5260. The maximum atomic E-state index is 14.0. The first kappa shape index (κ1) is 56.6. The van der Waals surface area contributed by atoms with Crippen molar-refractivity contribution in [1.29, 1.82) is 0 Å². The Morgan fingerprint density at radius 1 is 0.315 bits per heavy atom. The SMILES string of the molecule is CC1(C)CC(C)(C)c2c1c(=O)nc1c3ccc(-c4ccccc4-c4cc(-c5ccccc5-c5ccc(-c6cc(-c7ccc(-c8ccccc8)cc7)ccn6)cc5)cc(-c5ccccc5-c5ccc6c(ccn7c8c(c(=O)nc67)C(C)(C)CC8(C)C)c5)c4)cc3ccn21.